The van der Waals surface area contributed by atoms with Crippen molar-refractivity contribution in [2.75, 3.05) is 12.0 Å². The molecule has 0 saturated carbocycles. The van der Waals surface area contributed by atoms with Gasteiger partial charge in [0.15, 0.2) is 5.69 Å². The number of benzene rings is 1. The van der Waals surface area contributed by atoms with Crippen molar-refractivity contribution in [2.24, 2.45) is 5.10 Å². The third kappa shape index (κ3) is 4.29. The molecule has 0 radical (unpaired) electrons. The van der Waals surface area contributed by atoms with Gasteiger partial charge < -0.3 is 4.74 Å². The van der Waals surface area contributed by atoms with Crippen molar-refractivity contribution >= 4 is 40.8 Å². The van der Waals surface area contributed by atoms with E-state index in [0.717, 1.165) is 29.7 Å². The highest BCUT2D eigenvalue weighted by Gasteiger charge is 2.19. The Balaban J connectivity index is 2.20. The van der Waals surface area contributed by atoms with Crippen LogP contribution in [-0.4, -0.2) is 38.2 Å². The van der Waals surface area contributed by atoms with E-state index < -0.39 is 27.2 Å². The summed E-state index contributed by atoms with van der Waals surface area (Å²) in [6, 6.07) is 3.07. The molecule has 12 nitrogen and oxygen atoms in total. The minimum absolute atomic E-state index is 0.0319. The molecular weight excluding hydrogens is 356 g/mol. The lowest BCUT2D eigenvalue weighted by molar-refractivity contribution is -0.393. The monoisotopic (exact) mass is 366 g/mol. The number of nitro groups is 2. The van der Waals surface area contributed by atoms with Crippen LogP contribution in [0.25, 0.3) is 0 Å². The van der Waals surface area contributed by atoms with E-state index in [1.165, 1.54) is 6.21 Å². The van der Waals surface area contributed by atoms with E-state index in [4.69, 9.17) is 4.74 Å². The van der Waals surface area contributed by atoms with Crippen molar-refractivity contribution in [3.8, 4) is 0 Å². The van der Waals surface area contributed by atoms with Gasteiger partial charge in [-0.1, -0.05) is 4.49 Å². The maximum absolute atomic E-state index is 11.7. The van der Waals surface area contributed by atoms with Crippen molar-refractivity contribution in [3.63, 3.8) is 0 Å². The summed E-state index contributed by atoms with van der Waals surface area (Å²) in [7, 11) is 0. The highest BCUT2D eigenvalue weighted by atomic mass is 32.1. The molecule has 13 heteroatoms. The molecule has 2 rings (SSSR count). The van der Waals surface area contributed by atoms with Gasteiger partial charge in [0.05, 0.1) is 28.7 Å². The summed E-state index contributed by atoms with van der Waals surface area (Å²) in [6.45, 7) is 1.81. The average molecular weight is 366 g/mol. The zero-order valence-corrected chi connectivity index (χ0v) is 13.4. The maximum atomic E-state index is 11.7. The van der Waals surface area contributed by atoms with Crippen LogP contribution in [0.1, 0.15) is 22.3 Å². The molecule has 1 N–H and O–H groups in total. The maximum Gasteiger partial charge on any atom is 0.360 e. The topological polar surface area (TPSA) is 163 Å². The average Bonchev–Trinajstić information content (AvgIpc) is 3.03. The molecule has 0 aliphatic rings. The number of nitro benzene ring substituents is 2. The first-order valence-corrected chi connectivity index (χ1v) is 7.42. The van der Waals surface area contributed by atoms with Gasteiger partial charge in [0.25, 0.3) is 5.69 Å². The standard InChI is InChI=1S/C12H10N6O6S/c1-2-24-12(19)11-10(25-16-15-11)6-13-14-8-4-3-7(17(20)21)5-9(8)18(22)23/h3-6,14H,2H2,1H3. The van der Waals surface area contributed by atoms with Gasteiger partial charge in [0.1, 0.15) is 10.6 Å². The van der Waals surface area contributed by atoms with Gasteiger partial charge in [-0.3, -0.25) is 25.7 Å². The number of nitrogens with one attached hydrogen (secondary N) is 1. The van der Waals surface area contributed by atoms with Crippen molar-refractivity contribution in [3.05, 3.63) is 49.0 Å². The molecule has 0 spiro atoms. The molecule has 25 heavy (non-hydrogen) atoms. The summed E-state index contributed by atoms with van der Waals surface area (Å²) >= 11 is 0.881. The SMILES string of the molecule is CCOC(=O)c1nnsc1C=NNc1ccc([N+](=O)[O-])cc1[N+](=O)[O-]. The number of rotatable bonds is 7. The molecule has 1 aromatic carbocycles. The molecule has 1 aromatic heterocycles. The lowest BCUT2D eigenvalue weighted by Gasteiger charge is -2.01. The molecule has 0 amide bonds. The number of hydrogen-bond donors (Lipinski definition) is 1. The number of non-ortho nitro benzene ring substituents is 1. The molecule has 0 bridgehead atoms. The minimum atomic E-state index is -0.775. The molecule has 2 aromatic rings. The van der Waals surface area contributed by atoms with Gasteiger partial charge >= 0.3 is 11.7 Å². The predicted octanol–water partition coefficient (Wildman–Crippen LogP) is 1.98. The minimum Gasteiger partial charge on any atom is -0.461 e. The van der Waals surface area contributed by atoms with Crippen molar-refractivity contribution in [2.45, 2.75) is 6.92 Å². The molecule has 0 unspecified atom stereocenters. The Labute approximate surface area is 143 Å². The fourth-order valence-corrected chi connectivity index (χ4v) is 2.18. The Morgan fingerprint density at radius 1 is 1.40 bits per heavy atom. The van der Waals surface area contributed by atoms with Crippen LogP contribution in [0.5, 0.6) is 0 Å². The first-order chi connectivity index (χ1) is 11.9. The zero-order chi connectivity index (χ0) is 18.4. The lowest BCUT2D eigenvalue weighted by atomic mass is 10.2. The summed E-state index contributed by atoms with van der Waals surface area (Å²) in [6.07, 6.45) is 1.20. The van der Waals surface area contributed by atoms with E-state index in [-0.39, 0.29) is 22.9 Å². The number of ether oxygens (including phenoxy) is 1. The van der Waals surface area contributed by atoms with Gasteiger partial charge in [-0.15, -0.1) is 5.10 Å². The Hall–Kier alpha value is -3.48. The summed E-state index contributed by atoms with van der Waals surface area (Å²) in [4.78, 5) is 32.1. The molecular formula is C12H10N6O6S. The first kappa shape index (κ1) is 17.9. The number of esters is 1. The summed E-state index contributed by atoms with van der Waals surface area (Å²) < 4.78 is 8.42. The highest BCUT2D eigenvalue weighted by molar-refractivity contribution is 7.07. The number of nitrogens with zero attached hydrogens (tertiary/aromatic N) is 5. The predicted molar refractivity (Wildman–Crippen MR) is 86.8 cm³/mol. The molecule has 0 aliphatic heterocycles. The Kier molecular flexibility index (Phi) is 5.62. The molecule has 130 valence electrons. The van der Waals surface area contributed by atoms with Crippen molar-refractivity contribution in [1.82, 2.24) is 9.59 Å². The van der Waals surface area contributed by atoms with E-state index in [0.29, 0.717) is 0 Å². The third-order valence-electron chi connectivity index (χ3n) is 2.74. The number of carbonyl (C=O) groups is 1. The molecule has 0 aliphatic carbocycles. The van der Waals surface area contributed by atoms with E-state index in [9.17, 15) is 25.0 Å². The largest absolute Gasteiger partial charge is 0.461 e. The van der Waals surface area contributed by atoms with Crippen LogP contribution in [0.3, 0.4) is 0 Å². The van der Waals surface area contributed by atoms with Crippen LogP contribution in [0.2, 0.25) is 0 Å². The quantitative estimate of drug-likeness (QED) is 0.334. The molecule has 0 fully saturated rings. The van der Waals surface area contributed by atoms with Crippen molar-refractivity contribution in [1.29, 1.82) is 0 Å². The Bertz CT molecular complexity index is 850. The van der Waals surface area contributed by atoms with Crippen LogP contribution in [0, 0.1) is 20.2 Å². The van der Waals surface area contributed by atoms with Crippen LogP contribution in [0.4, 0.5) is 17.1 Å². The Morgan fingerprint density at radius 2 is 2.16 bits per heavy atom. The molecule has 1 heterocycles. The van der Waals surface area contributed by atoms with E-state index in [1.54, 1.807) is 6.92 Å². The van der Waals surface area contributed by atoms with E-state index in [1.807, 2.05) is 0 Å². The fourth-order valence-electron chi connectivity index (χ4n) is 1.66. The zero-order valence-electron chi connectivity index (χ0n) is 12.6. The van der Waals surface area contributed by atoms with Crippen molar-refractivity contribution < 1.29 is 19.4 Å². The number of hydrazone groups is 1. The second-order valence-corrected chi connectivity index (χ2v) is 5.08. The molecule has 0 atom stereocenters. The summed E-state index contributed by atoms with van der Waals surface area (Å²) in [5, 5.41) is 29.1. The van der Waals surface area contributed by atoms with Gasteiger partial charge in [-0.25, -0.2) is 4.79 Å². The number of anilines is 1. The van der Waals surface area contributed by atoms with Crippen LogP contribution >= 0.6 is 11.5 Å². The first-order valence-electron chi connectivity index (χ1n) is 6.65. The normalized spacial score (nSPS) is 10.6. The number of aromatic nitrogens is 2. The van der Waals surface area contributed by atoms with Crippen LogP contribution in [-0.2, 0) is 4.74 Å². The fraction of sp³-hybridized carbons (Fsp3) is 0.167. The van der Waals surface area contributed by atoms with Gasteiger partial charge in [0, 0.05) is 6.07 Å². The molecule has 0 saturated heterocycles. The second-order valence-electron chi connectivity index (χ2n) is 4.29. The number of carbonyl (C=O) groups excluding carboxylic acids is 1. The summed E-state index contributed by atoms with van der Waals surface area (Å²) in [5.41, 5.74) is 1.38. The van der Waals surface area contributed by atoms with Gasteiger partial charge in [-0.2, -0.15) is 5.10 Å². The van der Waals surface area contributed by atoms with E-state index in [2.05, 4.69) is 20.1 Å². The smallest absolute Gasteiger partial charge is 0.360 e. The third-order valence-corrected chi connectivity index (χ3v) is 3.40. The van der Waals surface area contributed by atoms with E-state index >= 15 is 0 Å². The lowest BCUT2D eigenvalue weighted by Crippen LogP contribution is -2.07. The van der Waals surface area contributed by atoms with Gasteiger partial charge in [-0.05, 0) is 24.5 Å². The highest BCUT2D eigenvalue weighted by Crippen LogP contribution is 2.28. The summed E-state index contributed by atoms with van der Waals surface area (Å²) in [5.74, 6) is -0.668. The second kappa shape index (κ2) is 7.87. The van der Waals surface area contributed by atoms with Crippen LogP contribution in [0.15, 0.2) is 23.3 Å². The number of hydrogen-bond acceptors (Lipinski definition) is 11. The van der Waals surface area contributed by atoms with Gasteiger partial charge in [0.2, 0.25) is 0 Å². The Morgan fingerprint density at radius 3 is 2.80 bits per heavy atom. The van der Waals surface area contributed by atoms with Crippen LogP contribution < -0.4 is 5.43 Å².